The molecule has 0 atom stereocenters. The van der Waals surface area contributed by atoms with Crippen molar-refractivity contribution in [3.05, 3.63) is 60.0 Å². The normalized spacial score (nSPS) is 14.8. The summed E-state index contributed by atoms with van der Waals surface area (Å²) in [6.07, 6.45) is 3.12. The number of pyridine rings is 1. The Balaban J connectivity index is 1.49. The first kappa shape index (κ1) is 18.4. The van der Waals surface area contributed by atoms with Crippen LogP contribution in [-0.2, 0) is 11.3 Å². The van der Waals surface area contributed by atoms with E-state index in [9.17, 15) is 9.18 Å². The van der Waals surface area contributed by atoms with Crippen LogP contribution in [0.5, 0.6) is 0 Å². The molecule has 0 saturated heterocycles. The lowest BCUT2D eigenvalue weighted by molar-refractivity contribution is -0.123. The SMILES string of the molecule is Cc1nc(-c2cc3cc(F)ccc3n2-c2ccc(CNC(=O)C3(N)CC3)nc2)no1. The maximum atomic E-state index is 13.8. The third kappa shape index (κ3) is 3.22. The van der Waals surface area contributed by atoms with Gasteiger partial charge in [0, 0.05) is 12.3 Å². The molecule has 5 rings (SSSR count). The third-order valence-electron chi connectivity index (χ3n) is 5.26. The van der Waals surface area contributed by atoms with E-state index in [-0.39, 0.29) is 11.7 Å². The van der Waals surface area contributed by atoms with Crippen LogP contribution in [0.4, 0.5) is 4.39 Å². The molecule has 0 bridgehead atoms. The molecular weight excluding hydrogens is 387 g/mol. The first-order valence-corrected chi connectivity index (χ1v) is 9.57. The molecule has 1 aliphatic carbocycles. The van der Waals surface area contributed by atoms with E-state index in [1.54, 1.807) is 19.2 Å². The number of rotatable bonds is 5. The summed E-state index contributed by atoms with van der Waals surface area (Å²) in [5.41, 5.74) is 8.09. The lowest BCUT2D eigenvalue weighted by Crippen LogP contribution is -2.42. The minimum absolute atomic E-state index is 0.151. The number of halogens is 1. The molecule has 3 aromatic heterocycles. The molecule has 1 aliphatic rings. The predicted molar refractivity (Wildman–Crippen MR) is 107 cm³/mol. The Labute approximate surface area is 170 Å². The number of hydrogen-bond donors (Lipinski definition) is 2. The Morgan fingerprint density at radius 2 is 2.13 bits per heavy atom. The van der Waals surface area contributed by atoms with E-state index in [1.165, 1.54) is 12.1 Å². The summed E-state index contributed by atoms with van der Waals surface area (Å²) in [5, 5.41) is 7.54. The molecule has 0 spiro atoms. The summed E-state index contributed by atoms with van der Waals surface area (Å²) in [5.74, 6) is 0.360. The second-order valence-electron chi connectivity index (χ2n) is 7.55. The summed E-state index contributed by atoms with van der Waals surface area (Å²) >= 11 is 0. The van der Waals surface area contributed by atoms with Crippen molar-refractivity contribution in [2.24, 2.45) is 5.73 Å². The molecular formula is C21H19FN6O2. The predicted octanol–water partition coefficient (Wildman–Crippen LogP) is 2.63. The summed E-state index contributed by atoms with van der Waals surface area (Å²) in [7, 11) is 0. The van der Waals surface area contributed by atoms with Crippen molar-refractivity contribution in [1.82, 2.24) is 25.0 Å². The maximum absolute atomic E-state index is 13.8. The summed E-state index contributed by atoms with van der Waals surface area (Å²) in [6.45, 7) is 2.01. The monoisotopic (exact) mass is 406 g/mol. The second kappa shape index (κ2) is 6.74. The van der Waals surface area contributed by atoms with E-state index in [4.69, 9.17) is 10.3 Å². The zero-order valence-electron chi connectivity index (χ0n) is 16.2. The van der Waals surface area contributed by atoms with Crippen LogP contribution in [0, 0.1) is 12.7 Å². The highest BCUT2D eigenvalue weighted by Crippen LogP contribution is 2.32. The van der Waals surface area contributed by atoms with Crippen LogP contribution >= 0.6 is 0 Å². The zero-order valence-corrected chi connectivity index (χ0v) is 16.2. The molecule has 4 aromatic rings. The highest BCUT2D eigenvalue weighted by molar-refractivity contribution is 5.89. The molecule has 152 valence electrons. The number of fused-ring (bicyclic) bond motifs is 1. The van der Waals surface area contributed by atoms with Gasteiger partial charge in [-0.2, -0.15) is 4.98 Å². The number of nitrogens with two attached hydrogens (primary N) is 1. The van der Waals surface area contributed by atoms with Gasteiger partial charge in [-0.25, -0.2) is 4.39 Å². The maximum Gasteiger partial charge on any atom is 0.240 e. The average Bonchev–Trinajstić information content (AvgIpc) is 3.18. The van der Waals surface area contributed by atoms with Crippen molar-refractivity contribution in [1.29, 1.82) is 0 Å². The first-order valence-electron chi connectivity index (χ1n) is 9.57. The fraction of sp³-hybridized carbons (Fsp3) is 0.238. The van der Waals surface area contributed by atoms with E-state index in [1.807, 2.05) is 22.8 Å². The van der Waals surface area contributed by atoms with Crippen LogP contribution in [-0.4, -0.2) is 31.1 Å². The van der Waals surface area contributed by atoms with Crippen molar-refractivity contribution in [3.8, 4) is 17.2 Å². The largest absolute Gasteiger partial charge is 0.349 e. The molecule has 8 nitrogen and oxygen atoms in total. The van der Waals surface area contributed by atoms with E-state index in [0.717, 1.165) is 11.2 Å². The van der Waals surface area contributed by atoms with Crippen LogP contribution in [0.2, 0.25) is 0 Å². The van der Waals surface area contributed by atoms with Gasteiger partial charge in [-0.3, -0.25) is 9.78 Å². The van der Waals surface area contributed by atoms with E-state index in [2.05, 4.69) is 20.4 Å². The number of carbonyl (C=O) groups is 1. The van der Waals surface area contributed by atoms with Crippen molar-refractivity contribution < 1.29 is 13.7 Å². The van der Waals surface area contributed by atoms with E-state index >= 15 is 0 Å². The van der Waals surface area contributed by atoms with Crippen LogP contribution < -0.4 is 11.1 Å². The van der Waals surface area contributed by atoms with Gasteiger partial charge < -0.3 is 20.1 Å². The average molecular weight is 406 g/mol. The first-order chi connectivity index (χ1) is 14.4. The molecule has 1 amide bonds. The number of carbonyl (C=O) groups excluding carboxylic acids is 1. The summed E-state index contributed by atoms with van der Waals surface area (Å²) < 4.78 is 20.8. The van der Waals surface area contributed by atoms with Gasteiger partial charge in [0.05, 0.1) is 40.9 Å². The van der Waals surface area contributed by atoms with Gasteiger partial charge in [0.15, 0.2) is 0 Å². The molecule has 0 aliphatic heterocycles. The van der Waals surface area contributed by atoms with Crippen LogP contribution in [0.15, 0.2) is 47.1 Å². The number of aryl methyl sites for hydroxylation is 1. The molecule has 0 radical (unpaired) electrons. The minimum atomic E-state index is -0.711. The van der Waals surface area contributed by atoms with Gasteiger partial charge in [0.2, 0.25) is 17.6 Å². The number of benzene rings is 1. The topological polar surface area (TPSA) is 112 Å². The Morgan fingerprint density at radius 3 is 2.80 bits per heavy atom. The molecule has 0 unspecified atom stereocenters. The minimum Gasteiger partial charge on any atom is -0.349 e. The zero-order chi connectivity index (χ0) is 20.9. The van der Waals surface area contributed by atoms with Crippen LogP contribution in [0.3, 0.4) is 0 Å². The van der Waals surface area contributed by atoms with Crippen molar-refractivity contribution in [2.45, 2.75) is 31.8 Å². The lowest BCUT2D eigenvalue weighted by Gasteiger charge is -2.11. The van der Waals surface area contributed by atoms with Gasteiger partial charge >= 0.3 is 0 Å². The van der Waals surface area contributed by atoms with Gasteiger partial charge in [-0.15, -0.1) is 0 Å². The Bertz CT molecular complexity index is 1260. The van der Waals surface area contributed by atoms with Crippen LogP contribution in [0.1, 0.15) is 24.4 Å². The molecule has 1 fully saturated rings. The Hall–Kier alpha value is -3.59. The standard InChI is InChI=1S/C21H19FN6O2/c1-12-26-19(27-30-12)18-9-13-8-14(22)2-5-17(13)28(18)16-4-3-15(24-11-16)10-25-20(29)21(23)6-7-21/h2-5,8-9,11H,6-7,10,23H2,1H3,(H,25,29). The third-order valence-corrected chi connectivity index (χ3v) is 5.26. The molecule has 9 heteroatoms. The summed E-state index contributed by atoms with van der Waals surface area (Å²) in [6, 6.07) is 10.1. The quantitative estimate of drug-likeness (QED) is 0.527. The molecule has 3 heterocycles. The van der Waals surface area contributed by atoms with Gasteiger partial charge in [0.25, 0.3) is 0 Å². The number of hydrogen-bond acceptors (Lipinski definition) is 6. The van der Waals surface area contributed by atoms with Gasteiger partial charge in [-0.05, 0) is 49.2 Å². The highest BCUT2D eigenvalue weighted by Gasteiger charge is 2.45. The van der Waals surface area contributed by atoms with Gasteiger partial charge in [-0.1, -0.05) is 5.16 Å². The lowest BCUT2D eigenvalue weighted by atomic mass is 10.2. The molecule has 1 aromatic carbocycles. The Kier molecular flexibility index (Phi) is 4.14. The van der Waals surface area contributed by atoms with E-state index < -0.39 is 5.54 Å². The summed E-state index contributed by atoms with van der Waals surface area (Å²) in [4.78, 5) is 20.8. The molecule has 30 heavy (non-hydrogen) atoms. The Morgan fingerprint density at radius 1 is 1.30 bits per heavy atom. The van der Waals surface area contributed by atoms with Crippen molar-refractivity contribution in [3.63, 3.8) is 0 Å². The fourth-order valence-electron chi connectivity index (χ4n) is 3.39. The number of amides is 1. The van der Waals surface area contributed by atoms with Crippen molar-refractivity contribution >= 4 is 16.8 Å². The fourth-order valence-corrected chi connectivity index (χ4v) is 3.39. The van der Waals surface area contributed by atoms with Crippen LogP contribution in [0.25, 0.3) is 28.1 Å². The molecule has 1 saturated carbocycles. The van der Waals surface area contributed by atoms with Crippen molar-refractivity contribution in [2.75, 3.05) is 0 Å². The smallest absolute Gasteiger partial charge is 0.240 e. The van der Waals surface area contributed by atoms with E-state index in [0.29, 0.717) is 47.9 Å². The number of nitrogens with one attached hydrogen (secondary N) is 1. The van der Waals surface area contributed by atoms with Gasteiger partial charge in [0.1, 0.15) is 5.82 Å². The number of aromatic nitrogens is 4. The molecule has 3 N–H and O–H groups in total. The number of nitrogens with zero attached hydrogens (tertiary/aromatic N) is 4. The highest BCUT2D eigenvalue weighted by atomic mass is 19.1. The second-order valence-corrected chi connectivity index (χ2v) is 7.55.